The second-order valence-corrected chi connectivity index (χ2v) is 4.14. The Balaban J connectivity index is 2.11. The van der Waals surface area contributed by atoms with E-state index in [4.69, 9.17) is 5.73 Å². The first-order valence-corrected chi connectivity index (χ1v) is 5.97. The average Bonchev–Trinajstić information content (AvgIpc) is 2.39. The number of benzene rings is 1. The molecule has 0 radical (unpaired) electrons. The molecular formula is C14H16N4O. The summed E-state index contributed by atoms with van der Waals surface area (Å²) in [5.74, 6) is 0.639. The van der Waals surface area contributed by atoms with E-state index in [2.05, 4.69) is 15.6 Å². The molecular weight excluding hydrogens is 240 g/mol. The summed E-state index contributed by atoms with van der Waals surface area (Å²) in [7, 11) is 0. The first kappa shape index (κ1) is 13.0. The van der Waals surface area contributed by atoms with Gasteiger partial charge in [-0.15, -0.1) is 0 Å². The quantitative estimate of drug-likeness (QED) is 0.783. The van der Waals surface area contributed by atoms with Crippen LogP contribution in [0.4, 0.5) is 17.2 Å². The average molecular weight is 256 g/mol. The molecule has 0 spiro atoms. The molecule has 1 amide bonds. The molecule has 1 aromatic heterocycles. The summed E-state index contributed by atoms with van der Waals surface area (Å²) in [5, 5.41) is 5.90. The molecule has 4 N–H and O–H groups in total. The number of anilines is 3. The van der Waals surface area contributed by atoms with E-state index in [-0.39, 0.29) is 5.91 Å². The van der Waals surface area contributed by atoms with E-state index >= 15 is 0 Å². The number of nitrogens with two attached hydrogens (primary N) is 1. The van der Waals surface area contributed by atoms with Crippen LogP contribution in [0.3, 0.4) is 0 Å². The van der Waals surface area contributed by atoms with Crippen LogP contribution >= 0.6 is 0 Å². The molecule has 0 aliphatic carbocycles. The molecule has 5 heteroatoms. The number of hydrogen-bond donors (Lipinski definition) is 3. The van der Waals surface area contributed by atoms with Gasteiger partial charge in [0, 0.05) is 31.0 Å². The van der Waals surface area contributed by atoms with Gasteiger partial charge in [-0.2, -0.15) is 0 Å². The predicted molar refractivity (Wildman–Crippen MR) is 76.2 cm³/mol. The molecule has 0 unspecified atom stereocenters. The maximum Gasteiger partial charge on any atom is 0.221 e. The smallest absolute Gasteiger partial charge is 0.221 e. The van der Waals surface area contributed by atoms with E-state index in [1.165, 1.54) is 6.92 Å². The number of rotatable bonds is 4. The number of carbonyl (C=O) groups is 1. The molecule has 0 saturated carbocycles. The second kappa shape index (κ2) is 5.97. The van der Waals surface area contributed by atoms with Crippen molar-refractivity contribution in [1.82, 2.24) is 4.98 Å². The SMILES string of the molecule is CC(=O)Nc1cccc(Nc2ccc(CN)cn2)c1. The minimum absolute atomic E-state index is 0.0948. The lowest BCUT2D eigenvalue weighted by Crippen LogP contribution is -2.05. The van der Waals surface area contributed by atoms with Gasteiger partial charge in [-0.3, -0.25) is 4.79 Å². The van der Waals surface area contributed by atoms with Crippen molar-refractivity contribution in [2.24, 2.45) is 5.73 Å². The van der Waals surface area contributed by atoms with Crippen molar-refractivity contribution in [2.75, 3.05) is 10.6 Å². The Bertz CT molecular complexity index is 566. The maximum atomic E-state index is 11.0. The normalized spacial score (nSPS) is 10.0. The van der Waals surface area contributed by atoms with Crippen LogP contribution in [-0.2, 0) is 11.3 Å². The maximum absolute atomic E-state index is 11.0. The molecule has 5 nitrogen and oxygen atoms in total. The molecule has 0 aliphatic rings. The van der Waals surface area contributed by atoms with Crippen LogP contribution in [0.15, 0.2) is 42.6 Å². The molecule has 0 fully saturated rings. The topological polar surface area (TPSA) is 80.0 Å². The van der Waals surface area contributed by atoms with E-state index in [1.807, 2.05) is 36.4 Å². The van der Waals surface area contributed by atoms with Crippen molar-refractivity contribution in [3.8, 4) is 0 Å². The number of hydrogen-bond acceptors (Lipinski definition) is 4. The van der Waals surface area contributed by atoms with Crippen molar-refractivity contribution in [2.45, 2.75) is 13.5 Å². The molecule has 0 saturated heterocycles. The van der Waals surface area contributed by atoms with Crippen LogP contribution in [0.2, 0.25) is 0 Å². The number of pyridine rings is 1. The Kier molecular flexibility index (Phi) is 4.10. The van der Waals surface area contributed by atoms with Crippen molar-refractivity contribution in [3.63, 3.8) is 0 Å². The monoisotopic (exact) mass is 256 g/mol. The summed E-state index contributed by atoms with van der Waals surface area (Å²) in [6.07, 6.45) is 1.74. The van der Waals surface area contributed by atoms with Gasteiger partial charge in [0.2, 0.25) is 5.91 Å². The van der Waals surface area contributed by atoms with E-state index in [9.17, 15) is 4.79 Å². The van der Waals surface area contributed by atoms with E-state index in [0.29, 0.717) is 6.54 Å². The van der Waals surface area contributed by atoms with E-state index in [1.54, 1.807) is 6.20 Å². The molecule has 0 atom stereocenters. The Morgan fingerprint density at radius 1 is 1.26 bits per heavy atom. The summed E-state index contributed by atoms with van der Waals surface area (Å²) in [5.41, 5.74) is 8.11. The molecule has 0 aliphatic heterocycles. The molecule has 19 heavy (non-hydrogen) atoms. The lowest BCUT2D eigenvalue weighted by molar-refractivity contribution is -0.114. The zero-order valence-corrected chi connectivity index (χ0v) is 10.7. The van der Waals surface area contributed by atoms with Crippen molar-refractivity contribution in [1.29, 1.82) is 0 Å². The summed E-state index contributed by atoms with van der Waals surface area (Å²) in [6.45, 7) is 1.96. The summed E-state index contributed by atoms with van der Waals surface area (Å²) < 4.78 is 0. The Morgan fingerprint density at radius 3 is 2.68 bits per heavy atom. The van der Waals surface area contributed by atoms with Gasteiger partial charge < -0.3 is 16.4 Å². The summed E-state index contributed by atoms with van der Waals surface area (Å²) >= 11 is 0. The lowest BCUT2D eigenvalue weighted by Gasteiger charge is -2.08. The minimum atomic E-state index is -0.0948. The number of carbonyl (C=O) groups excluding carboxylic acids is 1. The van der Waals surface area contributed by atoms with Crippen LogP contribution in [0.5, 0.6) is 0 Å². The molecule has 2 rings (SSSR count). The first-order chi connectivity index (χ1) is 9.17. The van der Waals surface area contributed by atoms with Crippen LogP contribution in [0, 0.1) is 0 Å². The van der Waals surface area contributed by atoms with Crippen LogP contribution in [-0.4, -0.2) is 10.9 Å². The predicted octanol–water partition coefficient (Wildman–Crippen LogP) is 2.24. The summed E-state index contributed by atoms with van der Waals surface area (Å²) in [4.78, 5) is 15.3. The zero-order chi connectivity index (χ0) is 13.7. The van der Waals surface area contributed by atoms with Crippen LogP contribution in [0.25, 0.3) is 0 Å². The third kappa shape index (κ3) is 3.79. The van der Waals surface area contributed by atoms with E-state index < -0.39 is 0 Å². The fraction of sp³-hybridized carbons (Fsp3) is 0.143. The van der Waals surface area contributed by atoms with Gasteiger partial charge in [0.15, 0.2) is 0 Å². The van der Waals surface area contributed by atoms with Gasteiger partial charge >= 0.3 is 0 Å². The van der Waals surface area contributed by atoms with Crippen LogP contribution in [0.1, 0.15) is 12.5 Å². The number of aromatic nitrogens is 1. The Labute approximate surface area is 111 Å². The van der Waals surface area contributed by atoms with Gasteiger partial charge in [0.1, 0.15) is 5.82 Å². The first-order valence-electron chi connectivity index (χ1n) is 5.97. The Hall–Kier alpha value is -2.40. The van der Waals surface area contributed by atoms with Gasteiger partial charge in [-0.25, -0.2) is 4.98 Å². The number of amides is 1. The number of nitrogens with one attached hydrogen (secondary N) is 2. The largest absolute Gasteiger partial charge is 0.340 e. The van der Waals surface area contributed by atoms with Gasteiger partial charge in [0.25, 0.3) is 0 Å². The van der Waals surface area contributed by atoms with Crippen molar-refractivity contribution >= 4 is 23.1 Å². The molecule has 2 aromatic rings. The lowest BCUT2D eigenvalue weighted by atomic mass is 10.2. The van der Waals surface area contributed by atoms with Gasteiger partial charge in [-0.05, 0) is 29.8 Å². The highest BCUT2D eigenvalue weighted by Gasteiger charge is 1.99. The standard InChI is InChI=1S/C14H16N4O/c1-10(19)17-12-3-2-4-13(7-12)18-14-6-5-11(8-15)9-16-14/h2-7,9H,8,15H2,1H3,(H,16,18)(H,17,19). The highest BCUT2D eigenvalue weighted by molar-refractivity contribution is 5.89. The van der Waals surface area contributed by atoms with E-state index in [0.717, 1.165) is 22.8 Å². The van der Waals surface area contributed by atoms with Crippen molar-refractivity contribution < 1.29 is 4.79 Å². The molecule has 0 bridgehead atoms. The third-order valence-corrected chi connectivity index (χ3v) is 2.52. The summed E-state index contributed by atoms with van der Waals surface area (Å²) in [6, 6.07) is 11.2. The highest BCUT2D eigenvalue weighted by atomic mass is 16.1. The molecule has 1 aromatic carbocycles. The van der Waals surface area contributed by atoms with Gasteiger partial charge in [0.05, 0.1) is 0 Å². The molecule has 98 valence electrons. The van der Waals surface area contributed by atoms with Crippen molar-refractivity contribution in [3.05, 3.63) is 48.2 Å². The number of nitrogens with zero attached hydrogens (tertiary/aromatic N) is 1. The third-order valence-electron chi connectivity index (χ3n) is 2.52. The fourth-order valence-corrected chi connectivity index (χ4v) is 1.65. The minimum Gasteiger partial charge on any atom is -0.340 e. The zero-order valence-electron chi connectivity index (χ0n) is 10.7. The fourth-order valence-electron chi connectivity index (χ4n) is 1.65. The Morgan fingerprint density at radius 2 is 2.05 bits per heavy atom. The highest BCUT2D eigenvalue weighted by Crippen LogP contribution is 2.18. The second-order valence-electron chi connectivity index (χ2n) is 4.14. The molecule has 1 heterocycles. The van der Waals surface area contributed by atoms with Crippen LogP contribution < -0.4 is 16.4 Å². The van der Waals surface area contributed by atoms with Gasteiger partial charge in [-0.1, -0.05) is 12.1 Å².